The van der Waals surface area contributed by atoms with Crippen LogP contribution in [-0.4, -0.2) is 37.6 Å². The van der Waals surface area contributed by atoms with Crippen molar-refractivity contribution in [2.24, 2.45) is 5.92 Å². The number of fused-ring (bicyclic) bond motifs is 1. The van der Waals surface area contributed by atoms with E-state index in [1.165, 1.54) is 38.9 Å². The Balaban J connectivity index is 2.03. The lowest BCUT2D eigenvalue weighted by molar-refractivity contribution is 0.224. The van der Waals surface area contributed by atoms with Crippen LogP contribution in [0.2, 0.25) is 0 Å². The van der Waals surface area contributed by atoms with Crippen LogP contribution >= 0.6 is 0 Å². The first-order valence-electron chi connectivity index (χ1n) is 4.79. The maximum Gasteiger partial charge on any atom is 0.0133 e. The Bertz CT molecular complexity index is 136. The molecule has 1 saturated carbocycles. The molecule has 0 spiro atoms. The maximum absolute atomic E-state index is 3.51. The first-order valence-corrected chi connectivity index (χ1v) is 4.79. The van der Waals surface area contributed by atoms with E-state index >= 15 is 0 Å². The number of nitrogens with one attached hydrogen (secondary N) is 1. The van der Waals surface area contributed by atoms with Gasteiger partial charge in [-0.1, -0.05) is 6.42 Å². The monoisotopic (exact) mass is 154 g/mol. The highest BCUT2D eigenvalue weighted by Crippen LogP contribution is 2.29. The van der Waals surface area contributed by atoms with E-state index in [1.807, 2.05) is 0 Å². The van der Waals surface area contributed by atoms with Crippen molar-refractivity contribution in [2.75, 3.05) is 26.7 Å². The van der Waals surface area contributed by atoms with Crippen LogP contribution in [0, 0.1) is 5.92 Å². The van der Waals surface area contributed by atoms with Crippen molar-refractivity contribution in [3.05, 3.63) is 0 Å². The van der Waals surface area contributed by atoms with E-state index in [1.54, 1.807) is 0 Å². The van der Waals surface area contributed by atoms with E-state index in [2.05, 4.69) is 17.3 Å². The Morgan fingerprint density at radius 3 is 3.18 bits per heavy atom. The van der Waals surface area contributed by atoms with Gasteiger partial charge < -0.3 is 10.2 Å². The van der Waals surface area contributed by atoms with Crippen molar-refractivity contribution >= 4 is 0 Å². The number of hydrogen-bond acceptors (Lipinski definition) is 2. The zero-order valence-electron chi connectivity index (χ0n) is 7.34. The third-order valence-corrected chi connectivity index (χ3v) is 3.23. The standard InChI is InChI=1S/C9H18N2/c1-11-6-5-10-7-8-3-2-4-9(8)11/h8-10H,2-7H2,1H3. The molecule has 1 aliphatic carbocycles. The summed E-state index contributed by atoms with van der Waals surface area (Å²) in [6.45, 7) is 3.68. The summed E-state index contributed by atoms with van der Waals surface area (Å²) in [4.78, 5) is 2.54. The van der Waals surface area contributed by atoms with Gasteiger partial charge in [0.25, 0.3) is 0 Å². The average Bonchev–Trinajstić information content (AvgIpc) is 2.40. The van der Waals surface area contributed by atoms with Gasteiger partial charge >= 0.3 is 0 Å². The molecule has 2 fully saturated rings. The first-order chi connectivity index (χ1) is 5.38. The van der Waals surface area contributed by atoms with Crippen LogP contribution in [0.25, 0.3) is 0 Å². The number of nitrogens with zero attached hydrogens (tertiary/aromatic N) is 1. The lowest BCUT2D eigenvalue weighted by Gasteiger charge is -2.25. The van der Waals surface area contributed by atoms with E-state index in [0.717, 1.165) is 12.0 Å². The van der Waals surface area contributed by atoms with Gasteiger partial charge in [0, 0.05) is 19.1 Å². The minimum Gasteiger partial charge on any atom is -0.315 e. The van der Waals surface area contributed by atoms with Crippen molar-refractivity contribution < 1.29 is 0 Å². The van der Waals surface area contributed by atoms with Gasteiger partial charge in [0.1, 0.15) is 0 Å². The van der Waals surface area contributed by atoms with Crippen molar-refractivity contribution in [3.8, 4) is 0 Å². The molecule has 1 saturated heterocycles. The number of likely N-dealkylation sites (N-methyl/N-ethyl adjacent to an activating group) is 1. The number of rotatable bonds is 0. The van der Waals surface area contributed by atoms with Crippen LogP contribution in [0.5, 0.6) is 0 Å². The molecule has 2 nitrogen and oxygen atoms in total. The highest BCUT2D eigenvalue weighted by molar-refractivity contribution is 4.87. The zero-order valence-corrected chi connectivity index (χ0v) is 7.34. The molecule has 2 unspecified atom stereocenters. The molecule has 1 heterocycles. The quantitative estimate of drug-likeness (QED) is 0.552. The highest BCUT2D eigenvalue weighted by Gasteiger charge is 2.31. The van der Waals surface area contributed by atoms with Crippen molar-refractivity contribution in [1.29, 1.82) is 0 Å². The Kier molecular flexibility index (Phi) is 2.14. The first kappa shape index (κ1) is 7.56. The molecule has 0 bridgehead atoms. The summed E-state index contributed by atoms with van der Waals surface area (Å²) < 4.78 is 0. The number of hydrogen-bond donors (Lipinski definition) is 1. The third-order valence-electron chi connectivity index (χ3n) is 3.23. The molecule has 11 heavy (non-hydrogen) atoms. The lowest BCUT2D eigenvalue weighted by Crippen LogP contribution is -2.34. The molecular weight excluding hydrogens is 136 g/mol. The average molecular weight is 154 g/mol. The minimum atomic E-state index is 0.894. The van der Waals surface area contributed by atoms with Crippen LogP contribution in [0.3, 0.4) is 0 Å². The zero-order chi connectivity index (χ0) is 7.68. The summed E-state index contributed by atoms with van der Waals surface area (Å²) in [5.74, 6) is 0.947. The van der Waals surface area contributed by atoms with Crippen LogP contribution in [0.15, 0.2) is 0 Å². The summed E-state index contributed by atoms with van der Waals surface area (Å²) in [5, 5.41) is 3.51. The van der Waals surface area contributed by atoms with Crippen molar-refractivity contribution in [2.45, 2.75) is 25.3 Å². The predicted octanol–water partition coefficient (Wildman–Crippen LogP) is 0.690. The van der Waals surface area contributed by atoms with Gasteiger partial charge in [0.05, 0.1) is 0 Å². The van der Waals surface area contributed by atoms with Gasteiger partial charge in [-0.05, 0) is 32.4 Å². The third kappa shape index (κ3) is 1.42. The van der Waals surface area contributed by atoms with E-state index in [4.69, 9.17) is 0 Å². The fourth-order valence-electron chi connectivity index (χ4n) is 2.54. The molecule has 1 aliphatic heterocycles. The van der Waals surface area contributed by atoms with E-state index < -0.39 is 0 Å². The summed E-state index contributed by atoms with van der Waals surface area (Å²) in [6, 6.07) is 0.894. The molecule has 64 valence electrons. The van der Waals surface area contributed by atoms with Gasteiger partial charge in [-0.25, -0.2) is 0 Å². The molecule has 0 radical (unpaired) electrons. The highest BCUT2D eigenvalue weighted by atomic mass is 15.2. The topological polar surface area (TPSA) is 15.3 Å². The van der Waals surface area contributed by atoms with E-state index in [0.29, 0.717) is 0 Å². The Morgan fingerprint density at radius 2 is 2.27 bits per heavy atom. The minimum absolute atomic E-state index is 0.894. The van der Waals surface area contributed by atoms with Crippen LogP contribution < -0.4 is 5.32 Å². The molecule has 1 N–H and O–H groups in total. The van der Waals surface area contributed by atoms with Gasteiger partial charge in [-0.3, -0.25) is 0 Å². The molecule has 2 aliphatic rings. The predicted molar refractivity (Wildman–Crippen MR) is 46.6 cm³/mol. The molecule has 2 heteroatoms. The summed E-state index contributed by atoms with van der Waals surface area (Å²) in [6.07, 6.45) is 4.33. The molecule has 0 aromatic heterocycles. The van der Waals surface area contributed by atoms with E-state index in [9.17, 15) is 0 Å². The molecular formula is C9H18N2. The largest absolute Gasteiger partial charge is 0.315 e. The fraction of sp³-hybridized carbons (Fsp3) is 1.00. The lowest BCUT2D eigenvalue weighted by atomic mass is 10.0. The SMILES string of the molecule is CN1CCNCC2CCCC21. The van der Waals surface area contributed by atoms with Gasteiger partial charge in [0.2, 0.25) is 0 Å². The van der Waals surface area contributed by atoms with Crippen molar-refractivity contribution in [3.63, 3.8) is 0 Å². The molecule has 2 rings (SSSR count). The Hall–Kier alpha value is -0.0800. The van der Waals surface area contributed by atoms with Crippen LogP contribution in [0.4, 0.5) is 0 Å². The molecule has 0 aromatic rings. The summed E-state index contributed by atoms with van der Waals surface area (Å²) >= 11 is 0. The molecule has 0 aromatic carbocycles. The van der Waals surface area contributed by atoms with Crippen molar-refractivity contribution in [1.82, 2.24) is 10.2 Å². The summed E-state index contributed by atoms with van der Waals surface area (Å²) in [7, 11) is 2.27. The second-order valence-corrected chi connectivity index (χ2v) is 3.94. The van der Waals surface area contributed by atoms with E-state index in [-0.39, 0.29) is 0 Å². The Labute approximate surface area is 69.0 Å². The smallest absolute Gasteiger partial charge is 0.0133 e. The maximum atomic E-state index is 3.51. The molecule has 2 atom stereocenters. The van der Waals surface area contributed by atoms with Gasteiger partial charge in [-0.2, -0.15) is 0 Å². The van der Waals surface area contributed by atoms with Crippen LogP contribution in [-0.2, 0) is 0 Å². The fourth-order valence-corrected chi connectivity index (χ4v) is 2.54. The second-order valence-electron chi connectivity index (χ2n) is 3.94. The normalized spacial score (nSPS) is 40.1. The second kappa shape index (κ2) is 3.11. The van der Waals surface area contributed by atoms with Gasteiger partial charge in [-0.15, -0.1) is 0 Å². The summed E-state index contributed by atoms with van der Waals surface area (Å²) in [5.41, 5.74) is 0. The van der Waals surface area contributed by atoms with Gasteiger partial charge in [0.15, 0.2) is 0 Å². The molecule has 0 amide bonds. The van der Waals surface area contributed by atoms with Crippen LogP contribution in [0.1, 0.15) is 19.3 Å². The Morgan fingerprint density at radius 1 is 1.36 bits per heavy atom.